The van der Waals surface area contributed by atoms with Crippen molar-refractivity contribution in [1.29, 1.82) is 0 Å². The molecule has 0 heterocycles. The minimum absolute atomic E-state index is 0.0493. The molecule has 0 aromatic heterocycles. The van der Waals surface area contributed by atoms with Gasteiger partial charge in [-0.25, -0.2) is 4.79 Å². The zero-order valence-corrected chi connectivity index (χ0v) is 10.9. The van der Waals surface area contributed by atoms with Gasteiger partial charge in [0, 0.05) is 0 Å². The van der Waals surface area contributed by atoms with Crippen LogP contribution in [0, 0.1) is 0 Å². The summed E-state index contributed by atoms with van der Waals surface area (Å²) in [6.45, 7) is 4.14. The molecule has 0 aliphatic carbocycles. The summed E-state index contributed by atoms with van der Waals surface area (Å²) in [7, 11) is 1.30. The molecule has 0 saturated carbocycles. The van der Waals surface area contributed by atoms with Crippen LogP contribution in [0.4, 0.5) is 0 Å². The lowest BCUT2D eigenvalue weighted by atomic mass is 10.1. The van der Waals surface area contributed by atoms with Crippen LogP contribution < -0.4 is 15.2 Å². The Kier molecular flexibility index (Phi) is 4.97. The smallest absolute Gasteiger partial charge is 0.329 e. The van der Waals surface area contributed by atoms with Gasteiger partial charge in [-0.05, 0) is 38.1 Å². The van der Waals surface area contributed by atoms with Crippen molar-refractivity contribution in [2.24, 2.45) is 5.73 Å². The van der Waals surface area contributed by atoms with E-state index in [4.69, 9.17) is 15.2 Å². The van der Waals surface area contributed by atoms with E-state index in [1.165, 1.54) is 7.11 Å². The van der Waals surface area contributed by atoms with Crippen LogP contribution in [0.5, 0.6) is 11.5 Å². The Morgan fingerprint density at radius 2 is 1.72 bits per heavy atom. The molecule has 1 aromatic carbocycles. The van der Waals surface area contributed by atoms with Crippen molar-refractivity contribution < 1.29 is 19.0 Å². The molecule has 0 spiro atoms. The second kappa shape index (κ2) is 6.26. The largest absolute Gasteiger partial charge is 0.494 e. The van der Waals surface area contributed by atoms with Gasteiger partial charge in [0.05, 0.1) is 13.7 Å². The fourth-order valence-corrected chi connectivity index (χ4v) is 1.32. The standard InChI is InChI=1S/C13H19NO4/c1-4-17-10-5-7-11(8-6-10)18-9-13(2,14)12(15)16-3/h5-8H,4,9,14H2,1-3H3. The maximum absolute atomic E-state index is 11.3. The number of esters is 1. The van der Waals surface area contributed by atoms with Gasteiger partial charge in [-0.2, -0.15) is 0 Å². The van der Waals surface area contributed by atoms with Gasteiger partial charge >= 0.3 is 5.97 Å². The minimum Gasteiger partial charge on any atom is -0.494 e. The molecule has 0 fully saturated rings. The SMILES string of the molecule is CCOc1ccc(OCC(C)(N)C(=O)OC)cc1. The Bertz CT molecular complexity index is 386. The molecule has 0 radical (unpaired) electrons. The van der Waals surface area contributed by atoms with Crippen molar-refractivity contribution >= 4 is 5.97 Å². The van der Waals surface area contributed by atoms with E-state index in [9.17, 15) is 4.79 Å². The molecule has 100 valence electrons. The molecule has 0 aliphatic heterocycles. The predicted octanol–water partition coefficient (Wildman–Crippen LogP) is 1.35. The van der Waals surface area contributed by atoms with E-state index >= 15 is 0 Å². The first-order valence-electron chi connectivity index (χ1n) is 5.72. The van der Waals surface area contributed by atoms with E-state index in [1.807, 2.05) is 6.92 Å². The third-order valence-corrected chi connectivity index (χ3v) is 2.33. The van der Waals surface area contributed by atoms with Crippen LogP contribution in [0.2, 0.25) is 0 Å². The number of nitrogens with two attached hydrogens (primary N) is 1. The molecular formula is C13H19NO4. The van der Waals surface area contributed by atoms with Gasteiger partial charge in [0.2, 0.25) is 0 Å². The molecule has 18 heavy (non-hydrogen) atoms. The third kappa shape index (κ3) is 3.92. The van der Waals surface area contributed by atoms with Crippen LogP contribution in [0.3, 0.4) is 0 Å². The Labute approximate surface area is 107 Å². The third-order valence-electron chi connectivity index (χ3n) is 2.33. The van der Waals surface area contributed by atoms with Crippen LogP contribution in [0.1, 0.15) is 13.8 Å². The lowest BCUT2D eigenvalue weighted by Crippen LogP contribution is -2.50. The summed E-state index contributed by atoms with van der Waals surface area (Å²) < 4.78 is 15.3. The topological polar surface area (TPSA) is 70.8 Å². The number of hydrogen-bond acceptors (Lipinski definition) is 5. The Balaban J connectivity index is 2.55. The number of carbonyl (C=O) groups is 1. The van der Waals surface area contributed by atoms with Crippen molar-refractivity contribution in [3.8, 4) is 11.5 Å². The van der Waals surface area contributed by atoms with E-state index in [1.54, 1.807) is 31.2 Å². The van der Waals surface area contributed by atoms with E-state index < -0.39 is 11.5 Å². The fourth-order valence-electron chi connectivity index (χ4n) is 1.32. The first kappa shape index (κ1) is 14.3. The highest BCUT2D eigenvalue weighted by Gasteiger charge is 2.30. The molecule has 0 amide bonds. The molecule has 5 heteroatoms. The van der Waals surface area contributed by atoms with Gasteiger partial charge in [0.15, 0.2) is 0 Å². The first-order chi connectivity index (χ1) is 8.49. The van der Waals surface area contributed by atoms with Gasteiger partial charge in [-0.1, -0.05) is 0 Å². The molecule has 1 atom stereocenters. The second-order valence-corrected chi connectivity index (χ2v) is 4.10. The van der Waals surface area contributed by atoms with E-state index in [0.717, 1.165) is 5.75 Å². The van der Waals surface area contributed by atoms with Crippen LogP contribution in [0.15, 0.2) is 24.3 Å². The number of hydrogen-bond donors (Lipinski definition) is 1. The molecule has 5 nitrogen and oxygen atoms in total. The molecule has 1 rings (SSSR count). The van der Waals surface area contributed by atoms with Crippen molar-refractivity contribution in [3.05, 3.63) is 24.3 Å². The monoisotopic (exact) mass is 253 g/mol. The second-order valence-electron chi connectivity index (χ2n) is 4.10. The van der Waals surface area contributed by atoms with Crippen molar-refractivity contribution in [2.45, 2.75) is 19.4 Å². The van der Waals surface area contributed by atoms with Gasteiger partial charge in [-0.15, -0.1) is 0 Å². The molecular weight excluding hydrogens is 234 g/mol. The van der Waals surface area contributed by atoms with Gasteiger partial charge in [-0.3, -0.25) is 0 Å². The van der Waals surface area contributed by atoms with E-state index in [2.05, 4.69) is 4.74 Å². The summed E-state index contributed by atoms with van der Waals surface area (Å²) in [6.07, 6.45) is 0. The molecule has 1 unspecified atom stereocenters. The number of rotatable bonds is 6. The summed E-state index contributed by atoms with van der Waals surface area (Å²) in [4.78, 5) is 11.3. The van der Waals surface area contributed by atoms with Crippen molar-refractivity contribution in [2.75, 3.05) is 20.3 Å². The number of carbonyl (C=O) groups excluding carboxylic acids is 1. The highest BCUT2D eigenvalue weighted by Crippen LogP contribution is 2.18. The van der Waals surface area contributed by atoms with Gasteiger partial charge in [0.1, 0.15) is 23.6 Å². The highest BCUT2D eigenvalue weighted by atomic mass is 16.5. The number of ether oxygens (including phenoxy) is 3. The molecule has 0 saturated heterocycles. The summed E-state index contributed by atoms with van der Waals surface area (Å²) in [5, 5.41) is 0. The normalized spacial score (nSPS) is 13.6. The van der Waals surface area contributed by atoms with Gasteiger partial charge in [0.25, 0.3) is 0 Å². The number of benzene rings is 1. The molecule has 0 aliphatic rings. The number of methoxy groups -OCH3 is 1. The van der Waals surface area contributed by atoms with Crippen molar-refractivity contribution in [3.63, 3.8) is 0 Å². The van der Waals surface area contributed by atoms with E-state index in [-0.39, 0.29) is 6.61 Å². The zero-order valence-electron chi connectivity index (χ0n) is 10.9. The Morgan fingerprint density at radius 3 is 2.17 bits per heavy atom. The lowest BCUT2D eigenvalue weighted by molar-refractivity contribution is -0.147. The summed E-state index contributed by atoms with van der Waals surface area (Å²) >= 11 is 0. The zero-order chi connectivity index (χ0) is 13.6. The van der Waals surface area contributed by atoms with Crippen LogP contribution in [0.25, 0.3) is 0 Å². The summed E-state index contributed by atoms with van der Waals surface area (Å²) in [5.41, 5.74) is 4.61. The van der Waals surface area contributed by atoms with Crippen LogP contribution >= 0.6 is 0 Å². The first-order valence-corrected chi connectivity index (χ1v) is 5.72. The Hall–Kier alpha value is -1.75. The lowest BCUT2D eigenvalue weighted by Gasteiger charge is -2.21. The maximum atomic E-state index is 11.3. The fraction of sp³-hybridized carbons (Fsp3) is 0.462. The average Bonchev–Trinajstić information content (AvgIpc) is 2.37. The van der Waals surface area contributed by atoms with Crippen molar-refractivity contribution in [1.82, 2.24) is 0 Å². The molecule has 1 aromatic rings. The van der Waals surface area contributed by atoms with Gasteiger partial charge < -0.3 is 19.9 Å². The van der Waals surface area contributed by atoms with E-state index in [0.29, 0.717) is 12.4 Å². The minimum atomic E-state index is -1.16. The summed E-state index contributed by atoms with van der Waals surface area (Å²) in [5.74, 6) is 0.890. The Morgan fingerprint density at radius 1 is 1.22 bits per heavy atom. The van der Waals surface area contributed by atoms with Crippen LogP contribution in [-0.2, 0) is 9.53 Å². The molecule has 0 bridgehead atoms. The predicted molar refractivity (Wildman–Crippen MR) is 67.7 cm³/mol. The maximum Gasteiger partial charge on any atom is 0.329 e. The summed E-state index contributed by atoms with van der Waals surface area (Å²) in [6, 6.07) is 7.12. The average molecular weight is 253 g/mol. The molecule has 2 N–H and O–H groups in total. The quantitative estimate of drug-likeness (QED) is 0.775. The highest BCUT2D eigenvalue weighted by molar-refractivity contribution is 5.80. The van der Waals surface area contributed by atoms with Crippen LogP contribution in [-0.4, -0.2) is 31.8 Å².